The predicted molar refractivity (Wildman–Crippen MR) is 95.4 cm³/mol. The Bertz CT molecular complexity index is 695. The van der Waals surface area contributed by atoms with Gasteiger partial charge in [-0.25, -0.2) is 0 Å². The SMILES string of the molecule is Cc1cccc([C@H](C(=O)N(Cc2cccnc2)C2CC2)N(C)C)c1. The van der Waals surface area contributed by atoms with Gasteiger partial charge in [-0.05, 0) is 51.1 Å². The van der Waals surface area contributed by atoms with Crippen LogP contribution >= 0.6 is 0 Å². The van der Waals surface area contributed by atoms with Gasteiger partial charge in [0.15, 0.2) is 0 Å². The lowest BCUT2D eigenvalue weighted by Crippen LogP contribution is -2.41. The van der Waals surface area contributed by atoms with E-state index in [0.717, 1.165) is 24.0 Å². The highest BCUT2D eigenvalue weighted by Crippen LogP contribution is 2.32. The minimum Gasteiger partial charge on any atom is -0.334 e. The first kappa shape index (κ1) is 16.7. The number of nitrogens with zero attached hydrogens (tertiary/aromatic N) is 3. The van der Waals surface area contributed by atoms with Crippen molar-refractivity contribution >= 4 is 5.91 Å². The number of pyridine rings is 1. The summed E-state index contributed by atoms with van der Waals surface area (Å²) in [5.74, 6) is 0.178. The molecule has 1 aromatic heterocycles. The molecule has 1 heterocycles. The molecule has 1 aromatic carbocycles. The van der Waals surface area contributed by atoms with Crippen LogP contribution in [0.5, 0.6) is 0 Å². The molecule has 0 aliphatic heterocycles. The summed E-state index contributed by atoms with van der Waals surface area (Å²) in [7, 11) is 3.94. The van der Waals surface area contributed by atoms with Crippen LogP contribution in [0.4, 0.5) is 0 Å². The molecule has 0 saturated heterocycles. The molecule has 1 amide bonds. The number of hydrogen-bond acceptors (Lipinski definition) is 3. The molecular weight excluding hydrogens is 298 g/mol. The van der Waals surface area contributed by atoms with Crippen LogP contribution in [0.3, 0.4) is 0 Å². The van der Waals surface area contributed by atoms with Crippen LogP contribution in [0.25, 0.3) is 0 Å². The van der Waals surface area contributed by atoms with Gasteiger partial charge in [-0.1, -0.05) is 35.9 Å². The molecule has 0 radical (unpaired) electrons. The first-order chi connectivity index (χ1) is 11.6. The summed E-state index contributed by atoms with van der Waals surface area (Å²) >= 11 is 0. The van der Waals surface area contributed by atoms with Crippen LogP contribution in [-0.4, -0.2) is 40.8 Å². The van der Waals surface area contributed by atoms with Crippen molar-refractivity contribution in [1.82, 2.24) is 14.8 Å². The minimum atomic E-state index is -0.248. The maximum absolute atomic E-state index is 13.3. The average molecular weight is 323 g/mol. The third-order valence-electron chi connectivity index (χ3n) is 4.45. The summed E-state index contributed by atoms with van der Waals surface area (Å²) in [4.78, 5) is 21.6. The summed E-state index contributed by atoms with van der Waals surface area (Å²) in [6, 6.07) is 12.3. The molecule has 0 unspecified atom stereocenters. The third-order valence-corrected chi connectivity index (χ3v) is 4.45. The van der Waals surface area contributed by atoms with E-state index >= 15 is 0 Å². The van der Waals surface area contributed by atoms with Crippen molar-refractivity contribution < 1.29 is 4.79 Å². The quantitative estimate of drug-likeness (QED) is 0.819. The van der Waals surface area contributed by atoms with E-state index < -0.39 is 0 Å². The van der Waals surface area contributed by atoms with E-state index in [1.165, 1.54) is 5.56 Å². The predicted octanol–water partition coefficient (Wildman–Crippen LogP) is 3.18. The Morgan fingerprint density at radius 1 is 1.25 bits per heavy atom. The van der Waals surface area contributed by atoms with Gasteiger partial charge >= 0.3 is 0 Å². The molecule has 126 valence electrons. The van der Waals surface area contributed by atoms with Crippen LogP contribution in [0.15, 0.2) is 48.8 Å². The molecule has 0 bridgehead atoms. The second-order valence-corrected chi connectivity index (χ2v) is 6.84. The second-order valence-electron chi connectivity index (χ2n) is 6.84. The zero-order valence-corrected chi connectivity index (χ0v) is 14.6. The van der Waals surface area contributed by atoms with Crippen LogP contribution in [-0.2, 0) is 11.3 Å². The number of amides is 1. The van der Waals surface area contributed by atoms with Crippen LogP contribution in [0.2, 0.25) is 0 Å². The summed E-state index contributed by atoms with van der Waals surface area (Å²) in [5, 5.41) is 0. The van der Waals surface area contributed by atoms with Gasteiger partial charge in [-0.15, -0.1) is 0 Å². The third kappa shape index (κ3) is 3.82. The maximum Gasteiger partial charge on any atom is 0.245 e. The first-order valence-corrected chi connectivity index (χ1v) is 8.48. The van der Waals surface area contributed by atoms with E-state index in [-0.39, 0.29) is 11.9 Å². The summed E-state index contributed by atoms with van der Waals surface area (Å²) in [6.07, 6.45) is 5.81. The molecule has 1 atom stereocenters. The lowest BCUT2D eigenvalue weighted by molar-refractivity contribution is -0.137. The van der Waals surface area contributed by atoms with E-state index in [1.807, 2.05) is 54.4 Å². The molecule has 1 fully saturated rings. The fourth-order valence-electron chi connectivity index (χ4n) is 3.12. The number of hydrogen-bond donors (Lipinski definition) is 0. The van der Waals surface area contributed by atoms with Crippen molar-refractivity contribution in [2.75, 3.05) is 14.1 Å². The molecular formula is C20H25N3O. The van der Waals surface area contributed by atoms with Gasteiger partial charge in [0.2, 0.25) is 5.91 Å². The Kier molecular flexibility index (Phi) is 4.95. The van der Waals surface area contributed by atoms with E-state index in [4.69, 9.17) is 0 Å². The lowest BCUT2D eigenvalue weighted by atomic mass is 10.0. The van der Waals surface area contributed by atoms with Crippen LogP contribution in [0.1, 0.15) is 35.6 Å². The number of carbonyl (C=O) groups excluding carboxylic acids is 1. The summed E-state index contributed by atoms with van der Waals surface area (Å²) < 4.78 is 0. The number of likely N-dealkylation sites (N-methyl/N-ethyl adjacent to an activating group) is 1. The average Bonchev–Trinajstić information content (AvgIpc) is 3.38. The minimum absolute atomic E-state index is 0.178. The highest BCUT2D eigenvalue weighted by molar-refractivity contribution is 5.84. The smallest absolute Gasteiger partial charge is 0.245 e. The lowest BCUT2D eigenvalue weighted by Gasteiger charge is -2.31. The van der Waals surface area contributed by atoms with Gasteiger partial charge in [-0.2, -0.15) is 0 Å². The normalized spacial score (nSPS) is 15.3. The highest BCUT2D eigenvalue weighted by atomic mass is 16.2. The molecule has 0 N–H and O–H groups in total. The molecule has 1 saturated carbocycles. The van der Waals surface area contributed by atoms with Gasteiger partial charge in [0.1, 0.15) is 6.04 Å². The van der Waals surface area contributed by atoms with E-state index in [1.54, 1.807) is 6.20 Å². The first-order valence-electron chi connectivity index (χ1n) is 8.48. The van der Waals surface area contributed by atoms with Crippen molar-refractivity contribution in [2.24, 2.45) is 0 Å². The van der Waals surface area contributed by atoms with Crippen LogP contribution in [0, 0.1) is 6.92 Å². The molecule has 3 rings (SSSR count). The van der Waals surface area contributed by atoms with Crippen molar-refractivity contribution in [3.63, 3.8) is 0 Å². The Hall–Kier alpha value is -2.20. The molecule has 24 heavy (non-hydrogen) atoms. The van der Waals surface area contributed by atoms with Crippen LogP contribution < -0.4 is 0 Å². The number of aromatic nitrogens is 1. The fraction of sp³-hybridized carbons (Fsp3) is 0.400. The second kappa shape index (κ2) is 7.14. The maximum atomic E-state index is 13.3. The molecule has 1 aliphatic rings. The fourth-order valence-corrected chi connectivity index (χ4v) is 3.12. The van der Waals surface area contributed by atoms with E-state index in [0.29, 0.717) is 12.6 Å². The highest BCUT2D eigenvalue weighted by Gasteiger charge is 2.37. The van der Waals surface area contributed by atoms with Gasteiger partial charge in [0, 0.05) is 25.0 Å². The van der Waals surface area contributed by atoms with Gasteiger partial charge in [0.05, 0.1) is 0 Å². The number of rotatable bonds is 6. The van der Waals surface area contributed by atoms with Crippen molar-refractivity contribution in [3.05, 3.63) is 65.5 Å². The number of benzene rings is 1. The van der Waals surface area contributed by atoms with Crippen molar-refractivity contribution in [3.8, 4) is 0 Å². The summed E-state index contributed by atoms with van der Waals surface area (Å²) in [5.41, 5.74) is 3.32. The number of aryl methyl sites for hydroxylation is 1. The van der Waals surface area contributed by atoms with Gasteiger partial charge in [0.25, 0.3) is 0 Å². The monoisotopic (exact) mass is 323 g/mol. The zero-order valence-electron chi connectivity index (χ0n) is 14.6. The van der Waals surface area contributed by atoms with E-state index in [9.17, 15) is 4.79 Å². The molecule has 1 aliphatic carbocycles. The Morgan fingerprint density at radius 2 is 2.04 bits per heavy atom. The standard InChI is InChI=1S/C20H25N3O/c1-15-6-4-8-17(12-15)19(22(2)3)20(24)23(18-9-10-18)14-16-7-5-11-21-13-16/h4-8,11-13,18-19H,9-10,14H2,1-3H3/t19-/m1/s1. The van der Waals surface area contributed by atoms with Gasteiger partial charge in [-0.3, -0.25) is 14.7 Å². The zero-order chi connectivity index (χ0) is 17.1. The summed E-state index contributed by atoms with van der Waals surface area (Å²) in [6.45, 7) is 2.70. The van der Waals surface area contributed by atoms with Gasteiger partial charge < -0.3 is 4.90 Å². The Labute approximate surface area is 144 Å². The van der Waals surface area contributed by atoms with Crippen molar-refractivity contribution in [1.29, 1.82) is 0 Å². The Morgan fingerprint density at radius 3 is 2.62 bits per heavy atom. The Balaban J connectivity index is 1.86. The molecule has 4 nitrogen and oxygen atoms in total. The molecule has 4 heteroatoms. The van der Waals surface area contributed by atoms with E-state index in [2.05, 4.69) is 24.0 Å². The molecule has 0 spiro atoms. The number of carbonyl (C=O) groups is 1. The topological polar surface area (TPSA) is 36.4 Å². The van der Waals surface area contributed by atoms with Crippen molar-refractivity contribution in [2.45, 2.75) is 38.4 Å². The molecule has 2 aromatic rings. The largest absolute Gasteiger partial charge is 0.334 e.